The van der Waals surface area contributed by atoms with Gasteiger partial charge in [0, 0.05) is 103 Å². The first-order valence-corrected chi connectivity index (χ1v) is 35.9. The zero-order valence-electron chi connectivity index (χ0n) is 57.4. The summed E-state index contributed by atoms with van der Waals surface area (Å²) in [6.45, 7) is 0. The summed E-state index contributed by atoms with van der Waals surface area (Å²) in [5.74, 6) is 2.14. The normalized spacial score (nSPS) is 11.7. The Morgan fingerprint density at radius 1 is 0.178 bits per heavy atom. The van der Waals surface area contributed by atoms with Gasteiger partial charge in [-0.05, 0) is 86.9 Å². The fourth-order valence-electron chi connectivity index (χ4n) is 15.8. The molecule has 9 heteroatoms. The lowest BCUT2D eigenvalue weighted by molar-refractivity contribution is 0.672. The van der Waals surface area contributed by atoms with Gasteiger partial charge in [0.2, 0.25) is 0 Å². The summed E-state index contributed by atoms with van der Waals surface area (Å²) < 4.78 is 18.9. The molecule has 0 aliphatic carbocycles. The van der Waals surface area contributed by atoms with Gasteiger partial charge in [0.05, 0.1) is 33.6 Å². The zero-order chi connectivity index (χ0) is 70.5. The van der Waals surface area contributed by atoms with Gasteiger partial charge in [0.25, 0.3) is 0 Å². The van der Waals surface area contributed by atoms with Gasteiger partial charge >= 0.3 is 0 Å². The highest BCUT2D eigenvalue weighted by molar-refractivity contribution is 6.21. The van der Waals surface area contributed by atoms with Crippen LogP contribution >= 0.6 is 0 Å². The minimum absolute atomic E-state index is 0.711. The van der Waals surface area contributed by atoms with Crippen molar-refractivity contribution in [3.63, 3.8) is 0 Å². The number of benzene rings is 17. The molecule has 0 radical (unpaired) electrons. The minimum atomic E-state index is 0.711. The second-order valence-electron chi connectivity index (χ2n) is 27.0. The van der Waals surface area contributed by atoms with E-state index in [1.165, 1.54) is 10.8 Å². The molecule has 0 N–H and O–H groups in total. The summed E-state index contributed by atoms with van der Waals surface area (Å²) in [5.41, 5.74) is 17.3. The van der Waals surface area contributed by atoms with Crippen LogP contribution in [0.3, 0.4) is 0 Å². The van der Waals surface area contributed by atoms with Crippen LogP contribution in [-0.4, -0.2) is 29.9 Å². The Balaban J connectivity index is 0.000000103. The fraction of sp³-hybridized carbons (Fsp3) is 0. The van der Waals surface area contributed by atoms with Crippen molar-refractivity contribution in [3.05, 3.63) is 352 Å². The SMILES string of the molecule is c1ccc(-c2nc(-c3cccc4c3ccc3c5ccccc5oc43)nc3c2ccc2ccccc23)cc1.c1ccc(-c2nc(-c3cccc4c3ccc3c5ccccc5oc43)nc3ccc4ccccc4c23)cc1.c1ccc(-c2nc(-c3cccc4c3ccc3c5ccccc5oc43)nc3ccccc23)cc1. The summed E-state index contributed by atoms with van der Waals surface area (Å²) >= 11 is 0. The molecule has 0 aliphatic rings. The third-order valence-corrected chi connectivity index (χ3v) is 20.9. The number of nitrogens with zero attached hydrogens (tertiary/aromatic N) is 6. The lowest BCUT2D eigenvalue weighted by Gasteiger charge is -2.13. The van der Waals surface area contributed by atoms with Crippen molar-refractivity contribution >= 4 is 152 Å². The van der Waals surface area contributed by atoms with E-state index < -0.39 is 0 Å². The lowest BCUT2D eigenvalue weighted by Crippen LogP contribution is -1.96. The first-order valence-electron chi connectivity index (χ1n) is 35.9. The largest absolute Gasteiger partial charge is 0.455 e. The van der Waals surface area contributed by atoms with Gasteiger partial charge in [0.1, 0.15) is 33.5 Å². The van der Waals surface area contributed by atoms with Gasteiger partial charge in [0.15, 0.2) is 17.5 Å². The number of aromatic nitrogens is 6. The van der Waals surface area contributed by atoms with Crippen molar-refractivity contribution in [1.29, 1.82) is 0 Å². The molecular weight excluding hydrogens is 1310 g/mol. The second kappa shape index (κ2) is 25.2. The first kappa shape index (κ1) is 61.2. The molecule has 23 rings (SSSR count). The number of fused-ring (bicyclic) bond motifs is 22. The predicted molar refractivity (Wildman–Crippen MR) is 441 cm³/mol. The highest BCUT2D eigenvalue weighted by Crippen LogP contribution is 2.44. The van der Waals surface area contributed by atoms with E-state index in [0.717, 1.165) is 192 Å². The lowest BCUT2D eigenvalue weighted by atomic mass is 9.98. The second-order valence-corrected chi connectivity index (χ2v) is 27.0. The maximum atomic E-state index is 6.34. The Morgan fingerprint density at radius 2 is 0.505 bits per heavy atom. The molecule has 107 heavy (non-hydrogen) atoms. The monoisotopic (exact) mass is 1370 g/mol. The van der Waals surface area contributed by atoms with Gasteiger partial charge in [-0.25, -0.2) is 29.9 Å². The average Bonchev–Trinajstić information content (AvgIpc) is 1.72. The predicted octanol–water partition coefficient (Wildman–Crippen LogP) is 26.4. The molecule has 498 valence electrons. The summed E-state index contributed by atoms with van der Waals surface area (Å²) in [7, 11) is 0. The zero-order valence-corrected chi connectivity index (χ0v) is 57.4. The van der Waals surface area contributed by atoms with Crippen LogP contribution in [0.4, 0.5) is 0 Å². The smallest absolute Gasteiger partial charge is 0.161 e. The Labute approximate surface area is 611 Å². The topological polar surface area (TPSA) is 117 Å². The molecule has 0 atom stereocenters. The molecule has 0 saturated heterocycles. The average molecular weight is 1370 g/mol. The van der Waals surface area contributed by atoms with Crippen LogP contribution in [0.15, 0.2) is 365 Å². The van der Waals surface area contributed by atoms with E-state index in [1.54, 1.807) is 0 Å². The number of furan rings is 3. The maximum Gasteiger partial charge on any atom is 0.161 e. The molecule has 23 aromatic rings. The fourth-order valence-corrected chi connectivity index (χ4v) is 15.8. The molecule has 17 aromatic carbocycles. The van der Waals surface area contributed by atoms with Crippen LogP contribution in [0, 0.1) is 0 Å². The molecule has 9 nitrogen and oxygen atoms in total. The summed E-state index contributed by atoms with van der Waals surface area (Å²) in [4.78, 5) is 30.7. The van der Waals surface area contributed by atoms with Crippen LogP contribution in [0.1, 0.15) is 0 Å². The van der Waals surface area contributed by atoms with E-state index in [-0.39, 0.29) is 0 Å². The Kier molecular flexibility index (Phi) is 14.4. The van der Waals surface area contributed by atoms with Crippen molar-refractivity contribution in [2.24, 2.45) is 0 Å². The third-order valence-electron chi connectivity index (χ3n) is 20.9. The Morgan fingerprint density at radius 3 is 1.00 bits per heavy atom. The molecule has 0 amide bonds. The van der Waals surface area contributed by atoms with Gasteiger partial charge in [-0.3, -0.25) is 0 Å². The third kappa shape index (κ3) is 10.3. The van der Waals surface area contributed by atoms with E-state index in [4.69, 9.17) is 43.2 Å². The molecule has 0 fully saturated rings. The molecule has 6 aromatic heterocycles. The number of para-hydroxylation sites is 4. The summed E-state index contributed by atoms with van der Waals surface area (Å²) in [6.07, 6.45) is 0. The number of rotatable bonds is 6. The van der Waals surface area contributed by atoms with E-state index in [0.29, 0.717) is 17.5 Å². The van der Waals surface area contributed by atoms with E-state index in [1.807, 2.05) is 84.9 Å². The van der Waals surface area contributed by atoms with Crippen molar-refractivity contribution in [3.8, 4) is 67.9 Å². The molecule has 0 aliphatic heterocycles. The van der Waals surface area contributed by atoms with E-state index >= 15 is 0 Å². The molecule has 0 unspecified atom stereocenters. The maximum absolute atomic E-state index is 6.34. The molecule has 0 saturated carbocycles. The van der Waals surface area contributed by atoms with E-state index in [2.05, 4.69) is 267 Å². The molecular formula is C98H58N6O3. The quantitative estimate of drug-likeness (QED) is 0.150. The highest BCUT2D eigenvalue weighted by Gasteiger charge is 2.22. The van der Waals surface area contributed by atoms with Crippen molar-refractivity contribution < 1.29 is 13.3 Å². The number of hydrogen-bond acceptors (Lipinski definition) is 9. The first-order chi connectivity index (χ1) is 53.1. The molecule has 0 spiro atoms. The molecule has 6 heterocycles. The standard InChI is InChI=1S/2C34H20N2O.C30H18N2O/c1-2-10-22(11-3-1)32-31-23-12-5-4-9-21(23)17-20-29(31)35-34(36-32)28-15-8-14-26-24(28)18-19-27-25-13-6-7-16-30(25)37-33(26)27;1-2-10-22(11-3-1)31-29-18-17-21-9-4-5-12-23(21)32(29)36-34(35-31)28-15-8-14-26-24(28)19-20-27-25-13-6-7-16-30(25)37-33(26)27;1-2-9-19(10-3-1)28-25-12-4-6-15-26(25)31-30(32-28)24-14-8-13-22-20(24)17-18-23-21-11-5-7-16-27(21)33-29(22)23/h2*1-20H;1-18H. The van der Waals surface area contributed by atoms with Crippen LogP contribution < -0.4 is 0 Å². The summed E-state index contributed by atoms with van der Waals surface area (Å²) in [6, 6.07) is 121. The van der Waals surface area contributed by atoms with Crippen LogP contribution in [0.5, 0.6) is 0 Å². The van der Waals surface area contributed by atoms with Gasteiger partial charge < -0.3 is 13.3 Å². The molecule has 0 bridgehead atoms. The van der Waals surface area contributed by atoms with Gasteiger partial charge in [-0.2, -0.15) is 0 Å². The van der Waals surface area contributed by atoms with Gasteiger partial charge in [-0.1, -0.05) is 297 Å². The minimum Gasteiger partial charge on any atom is -0.455 e. The van der Waals surface area contributed by atoms with Crippen LogP contribution in [0.25, 0.3) is 220 Å². The van der Waals surface area contributed by atoms with Crippen molar-refractivity contribution in [2.75, 3.05) is 0 Å². The van der Waals surface area contributed by atoms with E-state index in [9.17, 15) is 0 Å². The Hall–Kier alpha value is -14.5. The Bertz CT molecular complexity index is 7520. The van der Waals surface area contributed by atoms with Crippen LogP contribution in [0.2, 0.25) is 0 Å². The van der Waals surface area contributed by atoms with Gasteiger partial charge in [-0.15, -0.1) is 0 Å². The van der Waals surface area contributed by atoms with Crippen LogP contribution in [-0.2, 0) is 0 Å². The van der Waals surface area contributed by atoms with Crippen molar-refractivity contribution in [1.82, 2.24) is 29.9 Å². The summed E-state index contributed by atoms with van der Waals surface area (Å²) in [5, 5.41) is 21.0. The number of hydrogen-bond donors (Lipinski definition) is 0. The van der Waals surface area contributed by atoms with Crippen molar-refractivity contribution in [2.45, 2.75) is 0 Å². The highest BCUT2D eigenvalue weighted by atomic mass is 16.3.